The minimum atomic E-state index is -0.267. The average Bonchev–Trinajstić information content (AvgIpc) is 2.63. The molecule has 0 saturated carbocycles. The van der Waals surface area contributed by atoms with Crippen LogP contribution in [0.25, 0.3) is 0 Å². The van der Waals surface area contributed by atoms with E-state index in [2.05, 4.69) is 15.6 Å². The van der Waals surface area contributed by atoms with Crippen molar-refractivity contribution in [2.75, 3.05) is 10.6 Å². The van der Waals surface area contributed by atoms with Crippen LogP contribution in [-0.4, -0.2) is 10.9 Å². The second-order valence-electron chi connectivity index (χ2n) is 6.18. The van der Waals surface area contributed by atoms with Gasteiger partial charge in [-0.1, -0.05) is 35.9 Å². The molecule has 3 aromatic rings. The predicted molar refractivity (Wildman–Crippen MR) is 102 cm³/mol. The molecule has 0 spiro atoms. The van der Waals surface area contributed by atoms with Crippen LogP contribution >= 0.6 is 0 Å². The van der Waals surface area contributed by atoms with Gasteiger partial charge in [-0.15, -0.1) is 0 Å². The Morgan fingerprint density at radius 1 is 1.08 bits per heavy atom. The number of hydrogen-bond acceptors (Lipinski definition) is 3. The number of aryl methyl sites for hydroxylation is 2. The predicted octanol–water partition coefficient (Wildman–Crippen LogP) is 4.70. The largest absolute Gasteiger partial charge is 0.380 e. The molecule has 132 valence electrons. The first-order valence-corrected chi connectivity index (χ1v) is 8.34. The Kier molecular flexibility index (Phi) is 5.27. The number of anilines is 2. The van der Waals surface area contributed by atoms with E-state index >= 15 is 0 Å². The van der Waals surface area contributed by atoms with Gasteiger partial charge >= 0.3 is 0 Å². The van der Waals surface area contributed by atoms with Gasteiger partial charge in [0, 0.05) is 30.2 Å². The van der Waals surface area contributed by atoms with Crippen molar-refractivity contribution >= 4 is 17.3 Å². The first-order valence-electron chi connectivity index (χ1n) is 8.34. The molecule has 26 heavy (non-hydrogen) atoms. The summed E-state index contributed by atoms with van der Waals surface area (Å²) in [5.41, 5.74) is 4.55. The summed E-state index contributed by atoms with van der Waals surface area (Å²) in [6.45, 7) is 4.27. The number of hydrogen-bond donors (Lipinski definition) is 2. The van der Waals surface area contributed by atoms with E-state index in [1.807, 2.05) is 32.0 Å². The van der Waals surface area contributed by atoms with Gasteiger partial charge in [-0.05, 0) is 37.6 Å². The fourth-order valence-electron chi connectivity index (χ4n) is 2.65. The van der Waals surface area contributed by atoms with E-state index in [4.69, 9.17) is 0 Å². The molecule has 1 amide bonds. The van der Waals surface area contributed by atoms with E-state index in [9.17, 15) is 9.18 Å². The van der Waals surface area contributed by atoms with Crippen LogP contribution in [0.5, 0.6) is 0 Å². The fraction of sp³-hybridized carbons (Fsp3) is 0.143. The summed E-state index contributed by atoms with van der Waals surface area (Å²) in [5.74, 6) is -0.504. The molecule has 2 aromatic carbocycles. The molecular weight excluding hydrogens is 329 g/mol. The smallest absolute Gasteiger partial charge is 0.257 e. The van der Waals surface area contributed by atoms with Gasteiger partial charge in [0.05, 0.1) is 11.3 Å². The zero-order valence-electron chi connectivity index (χ0n) is 14.7. The number of halogens is 1. The van der Waals surface area contributed by atoms with Crippen molar-refractivity contribution in [2.45, 2.75) is 20.4 Å². The summed E-state index contributed by atoms with van der Waals surface area (Å²) in [6.07, 6.45) is 3.11. The van der Waals surface area contributed by atoms with Crippen LogP contribution in [0, 0.1) is 19.7 Å². The number of benzene rings is 2. The van der Waals surface area contributed by atoms with Gasteiger partial charge < -0.3 is 10.6 Å². The lowest BCUT2D eigenvalue weighted by Crippen LogP contribution is -2.13. The van der Waals surface area contributed by atoms with E-state index in [0.29, 0.717) is 23.4 Å². The Labute approximate surface area is 152 Å². The van der Waals surface area contributed by atoms with E-state index in [0.717, 1.165) is 16.8 Å². The quantitative estimate of drug-likeness (QED) is 0.702. The molecule has 0 unspecified atom stereocenters. The molecule has 5 heteroatoms. The number of aromatic nitrogens is 1. The van der Waals surface area contributed by atoms with Crippen LogP contribution in [0.4, 0.5) is 15.8 Å². The van der Waals surface area contributed by atoms with E-state index in [-0.39, 0.29) is 11.7 Å². The van der Waals surface area contributed by atoms with Crippen molar-refractivity contribution in [1.29, 1.82) is 0 Å². The highest BCUT2D eigenvalue weighted by molar-refractivity contribution is 6.04. The molecule has 3 rings (SSSR count). The summed E-state index contributed by atoms with van der Waals surface area (Å²) < 4.78 is 13.7. The van der Waals surface area contributed by atoms with Gasteiger partial charge in [0.2, 0.25) is 0 Å². The molecule has 1 aromatic heterocycles. The Balaban J connectivity index is 1.70. The Morgan fingerprint density at radius 3 is 2.65 bits per heavy atom. The highest BCUT2D eigenvalue weighted by atomic mass is 19.1. The molecule has 0 aliphatic heterocycles. The summed E-state index contributed by atoms with van der Waals surface area (Å²) in [7, 11) is 0. The number of nitrogens with one attached hydrogen (secondary N) is 2. The van der Waals surface area contributed by atoms with Crippen molar-refractivity contribution in [3.63, 3.8) is 0 Å². The molecule has 0 fully saturated rings. The SMILES string of the molecule is Cc1ccc(NC(=O)c2cncc(NCc3ccccc3F)c2)c(C)c1. The third-order valence-corrected chi connectivity index (χ3v) is 4.07. The van der Waals surface area contributed by atoms with Crippen LogP contribution in [0.3, 0.4) is 0 Å². The summed E-state index contributed by atoms with van der Waals surface area (Å²) in [5, 5.41) is 5.99. The lowest BCUT2D eigenvalue weighted by Gasteiger charge is -2.11. The van der Waals surface area contributed by atoms with Gasteiger partial charge in [-0.25, -0.2) is 4.39 Å². The Bertz CT molecular complexity index is 940. The monoisotopic (exact) mass is 349 g/mol. The van der Waals surface area contributed by atoms with Crippen molar-refractivity contribution in [3.8, 4) is 0 Å². The summed E-state index contributed by atoms with van der Waals surface area (Å²) in [4.78, 5) is 16.6. The van der Waals surface area contributed by atoms with Crippen molar-refractivity contribution in [2.24, 2.45) is 0 Å². The zero-order chi connectivity index (χ0) is 18.5. The third kappa shape index (κ3) is 4.25. The molecule has 4 nitrogen and oxygen atoms in total. The highest BCUT2D eigenvalue weighted by Crippen LogP contribution is 2.18. The highest BCUT2D eigenvalue weighted by Gasteiger charge is 2.09. The zero-order valence-corrected chi connectivity index (χ0v) is 14.7. The molecule has 0 saturated heterocycles. The first kappa shape index (κ1) is 17.6. The molecule has 0 atom stereocenters. The number of rotatable bonds is 5. The minimum Gasteiger partial charge on any atom is -0.380 e. The number of amides is 1. The number of carbonyl (C=O) groups excluding carboxylic acids is 1. The Hall–Kier alpha value is -3.21. The molecule has 0 aliphatic carbocycles. The van der Waals surface area contributed by atoms with Crippen LogP contribution in [0.15, 0.2) is 60.9 Å². The number of carbonyl (C=O) groups is 1. The number of nitrogens with zero attached hydrogens (tertiary/aromatic N) is 1. The maximum atomic E-state index is 13.7. The van der Waals surface area contributed by atoms with Crippen molar-refractivity contribution in [3.05, 3.63) is 89.0 Å². The average molecular weight is 349 g/mol. The lowest BCUT2D eigenvalue weighted by atomic mass is 10.1. The standard InChI is InChI=1S/C21H20FN3O/c1-14-7-8-20(15(2)9-14)25-21(26)17-10-18(13-23-11-17)24-12-16-5-3-4-6-19(16)22/h3-11,13,24H,12H2,1-2H3,(H,25,26). The lowest BCUT2D eigenvalue weighted by molar-refractivity contribution is 0.102. The van der Waals surface area contributed by atoms with Crippen LogP contribution < -0.4 is 10.6 Å². The van der Waals surface area contributed by atoms with Gasteiger partial charge in [-0.3, -0.25) is 9.78 Å². The second kappa shape index (κ2) is 7.78. The topological polar surface area (TPSA) is 54.0 Å². The van der Waals surface area contributed by atoms with Gasteiger partial charge in [-0.2, -0.15) is 0 Å². The maximum absolute atomic E-state index is 13.7. The molecule has 2 N–H and O–H groups in total. The third-order valence-electron chi connectivity index (χ3n) is 4.07. The van der Waals surface area contributed by atoms with Crippen molar-refractivity contribution < 1.29 is 9.18 Å². The maximum Gasteiger partial charge on any atom is 0.257 e. The normalized spacial score (nSPS) is 10.4. The van der Waals surface area contributed by atoms with E-state index in [1.54, 1.807) is 30.5 Å². The van der Waals surface area contributed by atoms with Gasteiger partial charge in [0.15, 0.2) is 0 Å². The van der Waals surface area contributed by atoms with Gasteiger partial charge in [0.25, 0.3) is 5.91 Å². The molecule has 0 bridgehead atoms. The number of pyridine rings is 1. The first-order chi connectivity index (χ1) is 12.5. The summed E-state index contributed by atoms with van der Waals surface area (Å²) in [6, 6.07) is 14.1. The fourth-order valence-corrected chi connectivity index (χ4v) is 2.65. The molecule has 0 aliphatic rings. The van der Waals surface area contributed by atoms with Gasteiger partial charge in [0.1, 0.15) is 5.82 Å². The van der Waals surface area contributed by atoms with E-state index in [1.165, 1.54) is 12.3 Å². The van der Waals surface area contributed by atoms with Crippen molar-refractivity contribution in [1.82, 2.24) is 4.98 Å². The van der Waals surface area contributed by atoms with Crippen LogP contribution in [0.2, 0.25) is 0 Å². The summed E-state index contributed by atoms with van der Waals surface area (Å²) >= 11 is 0. The Morgan fingerprint density at radius 2 is 1.88 bits per heavy atom. The minimum absolute atomic E-state index is 0.237. The molecule has 1 heterocycles. The van der Waals surface area contributed by atoms with Crippen LogP contribution in [0.1, 0.15) is 27.0 Å². The van der Waals surface area contributed by atoms with E-state index < -0.39 is 0 Å². The second-order valence-corrected chi connectivity index (χ2v) is 6.18. The molecule has 0 radical (unpaired) electrons. The van der Waals surface area contributed by atoms with Crippen LogP contribution in [-0.2, 0) is 6.54 Å². The molecular formula is C21H20FN3O.